The highest BCUT2D eigenvalue weighted by molar-refractivity contribution is 7.47. The maximum atomic E-state index is 13.1. The third kappa shape index (κ3) is 69.9. The smallest absolute Gasteiger partial charge is 0.462 e. The summed E-state index contributed by atoms with van der Waals surface area (Å²) in [4.78, 5) is 72.7. The molecule has 562 valence electrons. The molecule has 0 aliphatic carbocycles. The lowest BCUT2D eigenvalue weighted by atomic mass is 10.0. The van der Waals surface area contributed by atoms with Gasteiger partial charge in [-0.25, -0.2) is 9.13 Å². The molecule has 19 heteroatoms. The molecule has 0 saturated heterocycles. The number of carbonyl (C=O) groups is 4. The maximum Gasteiger partial charge on any atom is 0.472 e. The van der Waals surface area contributed by atoms with Crippen molar-refractivity contribution in [1.29, 1.82) is 0 Å². The minimum atomic E-state index is -4.99. The summed E-state index contributed by atoms with van der Waals surface area (Å²) < 4.78 is 68.2. The van der Waals surface area contributed by atoms with Crippen molar-refractivity contribution >= 4 is 39.5 Å². The van der Waals surface area contributed by atoms with Crippen LogP contribution in [0.4, 0.5) is 0 Å². The molecule has 98 heavy (non-hydrogen) atoms. The van der Waals surface area contributed by atoms with E-state index in [4.69, 9.17) is 37.0 Å². The first-order valence-electron chi connectivity index (χ1n) is 37.8. The lowest BCUT2D eigenvalue weighted by molar-refractivity contribution is -0.161. The molecule has 3 N–H and O–H groups in total. The van der Waals surface area contributed by atoms with E-state index < -0.39 is 97.5 Å². The Balaban J connectivity index is 5.39. The molecule has 0 aromatic carbocycles. The molecule has 0 aromatic rings. The van der Waals surface area contributed by atoms with Crippen LogP contribution in [0.1, 0.15) is 297 Å². The van der Waals surface area contributed by atoms with Gasteiger partial charge in [-0.15, -0.1) is 0 Å². The van der Waals surface area contributed by atoms with E-state index in [0.29, 0.717) is 25.7 Å². The fraction of sp³-hybridized carbons (Fsp3) is 0.696. The van der Waals surface area contributed by atoms with E-state index in [0.717, 1.165) is 128 Å². The minimum absolute atomic E-state index is 0.0706. The van der Waals surface area contributed by atoms with Crippen molar-refractivity contribution in [2.75, 3.05) is 39.6 Å². The van der Waals surface area contributed by atoms with Crippen molar-refractivity contribution in [3.05, 3.63) is 122 Å². The first kappa shape index (κ1) is 93.5. The largest absolute Gasteiger partial charge is 0.472 e. The number of hydrogen-bond donors (Lipinski definition) is 3. The van der Waals surface area contributed by atoms with Crippen LogP contribution in [-0.4, -0.2) is 96.7 Å². The fourth-order valence-corrected chi connectivity index (χ4v) is 11.4. The van der Waals surface area contributed by atoms with Crippen molar-refractivity contribution in [1.82, 2.24) is 0 Å². The van der Waals surface area contributed by atoms with Crippen LogP contribution >= 0.6 is 15.6 Å². The zero-order valence-corrected chi connectivity index (χ0v) is 63.0. The molecule has 0 bridgehead atoms. The van der Waals surface area contributed by atoms with Gasteiger partial charge in [0.25, 0.3) is 0 Å². The number of esters is 4. The number of carbonyl (C=O) groups excluding carboxylic acids is 4. The van der Waals surface area contributed by atoms with Crippen molar-refractivity contribution in [3.63, 3.8) is 0 Å². The average Bonchev–Trinajstić information content (AvgIpc) is 0.972. The fourth-order valence-electron chi connectivity index (χ4n) is 9.79. The lowest BCUT2D eigenvalue weighted by Crippen LogP contribution is -2.30. The number of phosphoric ester groups is 2. The van der Waals surface area contributed by atoms with Gasteiger partial charge in [-0.1, -0.05) is 297 Å². The Bertz CT molecular complexity index is 2340. The Morgan fingerprint density at radius 3 is 0.908 bits per heavy atom. The monoisotopic (exact) mass is 1420 g/mol. The Hall–Kier alpha value is -4.54. The molecular formula is C79H134O17P2. The van der Waals surface area contributed by atoms with E-state index in [9.17, 15) is 43.2 Å². The summed E-state index contributed by atoms with van der Waals surface area (Å²) in [5.41, 5.74) is 0. The predicted octanol–water partition coefficient (Wildman–Crippen LogP) is 21.6. The highest BCUT2D eigenvalue weighted by Crippen LogP contribution is 2.45. The molecule has 0 aromatic heterocycles. The molecule has 0 saturated carbocycles. The van der Waals surface area contributed by atoms with E-state index >= 15 is 0 Å². The molecule has 5 unspecified atom stereocenters. The summed E-state index contributed by atoms with van der Waals surface area (Å²) in [5, 5.41) is 10.6. The number of rotatable bonds is 70. The van der Waals surface area contributed by atoms with Crippen LogP contribution in [0.5, 0.6) is 0 Å². The lowest BCUT2D eigenvalue weighted by Gasteiger charge is -2.21. The standard InChI is InChI=1S/C79H134O17P2/c1-5-9-13-17-21-25-29-32-34-35-36-37-39-42-45-48-52-56-60-64-77(82)90-70-75(96-79(84)66-62-58-54-50-46-40-31-27-23-19-15-11-7-3)72-94-98(87,88)92-68-73(80)67-91-97(85,86)93-71-74(95-78(83)65-61-57-53-49-43-28-24-20-16-12-8-4)69-89-76(81)63-59-55-51-47-44-41-38-33-30-26-22-18-14-10-6-2/h9-10,13-14,21-22,25-26,32-34,36-38,42,44-45,47,55,59,73-75,80H,5-8,11-12,15-20,23-24,27-31,35,39-41,43,46,48-54,56-58,60-72H2,1-4H3,(H,85,86)(H,87,88)/b13-9-,14-10-,25-21-,26-22-,34-32-,37-36-,38-33-,45-42-,47-44-,59-55-. The van der Waals surface area contributed by atoms with Crippen LogP contribution < -0.4 is 0 Å². The molecule has 0 spiro atoms. The van der Waals surface area contributed by atoms with Gasteiger partial charge in [0.2, 0.25) is 0 Å². The minimum Gasteiger partial charge on any atom is -0.462 e. The normalized spacial score (nSPS) is 14.6. The molecule has 0 heterocycles. The van der Waals surface area contributed by atoms with Gasteiger partial charge in [-0.2, -0.15) is 0 Å². The van der Waals surface area contributed by atoms with Crippen LogP contribution in [0.3, 0.4) is 0 Å². The van der Waals surface area contributed by atoms with Gasteiger partial charge in [-0.3, -0.25) is 37.3 Å². The number of aliphatic hydroxyl groups is 1. The highest BCUT2D eigenvalue weighted by Gasteiger charge is 2.30. The predicted molar refractivity (Wildman–Crippen MR) is 399 cm³/mol. The van der Waals surface area contributed by atoms with Gasteiger partial charge in [0.1, 0.15) is 19.3 Å². The zero-order chi connectivity index (χ0) is 71.8. The highest BCUT2D eigenvalue weighted by atomic mass is 31.2. The summed E-state index contributed by atoms with van der Waals surface area (Å²) in [6, 6.07) is 0. The summed E-state index contributed by atoms with van der Waals surface area (Å²) >= 11 is 0. The molecular weight excluding hydrogens is 1280 g/mol. The van der Waals surface area contributed by atoms with Gasteiger partial charge in [0.05, 0.1) is 32.8 Å². The zero-order valence-electron chi connectivity index (χ0n) is 61.2. The third-order valence-corrected chi connectivity index (χ3v) is 17.4. The second-order valence-electron chi connectivity index (χ2n) is 24.9. The van der Waals surface area contributed by atoms with Crippen molar-refractivity contribution in [2.24, 2.45) is 0 Å². The molecule has 0 fully saturated rings. The van der Waals surface area contributed by atoms with Crippen molar-refractivity contribution in [3.8, 4) is 0 Å². The number of aliphatic hydroxyl groups excluding tert-OH is 1. The number of hydrogen-bond acceptors (Lipinski definition) is 15. The second-order valence-corrected chi connectivity index (χ2v) is 27.8. The maximum absolute atomic E-state index is 13.1. The van der Waals surface area contributed by atoms with Crippen LogP contribution in [0.15, 0.2) is 122 Å². The Morgan fingerprint density at radius 2 is 0.571 bits per heavy atom. The first-order valence-corrected chi connectivity index (χ1v) is 40.8. The van der Waals surface area contributed by atoms with E-state index in [1.807, 2.05) is 18.2 Å². The summed E-state index contributed by atoms with van der Waals surface area (Å²) in [5.74, 6) is -2.35. The van der Waals surface area contributed by atoms with E-state index in [2.05, 4.69) is 125 Å². The molecule has 5 atom stereocenters. The molecule has 17 nitrogen and oxygen atoms in total. The quantitative estimate of drug-likeness (QED) is 0.0169. The van der Waals surface area contributed by atoms with Gasteiger partial charge >= 0.3 is 39.5 Å². The van der Waals surface area contributed by atoms with E-state index in [-0.39, 0.29) is 25.7 Å². The third-order valence-electron chi connectivity index (χ3n) is 15.5. The number of allylic oxidation sites excluding steroid dienone is 19. The van der Waals surface area contributed by atoms with E-state index in [1.165, 1.54) is 89.9 Å². The van der Waals surface area contributed by atoms with Crippen LogP contribution in [0, 0.1) is 0 Å². The number of phosphoric acid groups is 2. The molecule has 0 amide bonds. The topological polar surface area (TPSA) is 237 Å². The Morgan fingerprint density at radius 1 is 0.306 bits per heavy atom. The number of unbranched alkanes of at least 4 members (excludes halogenated alkanes) is 25. The second kappa shape index (κ2) is 70.9. The van der Waals surface area contributed by atoms with Crippen LogP contribution in [-0.2, 0) is 65.4 Å². The molecule has 0 aliphatic heterocycles. The van der Waals surface area contributed by atoms with E-state index in [1.54, 1.807) is 6.08 Å². The summed E-state index contributed by atoms with van der Waals surface area (Å²) in [6.45, 7) is 4.49. The van der Waals surface area contributed by atoms with Gasteiger partial charge in [0.15, 0.2) is 12.2 Å². The van der Waals surface area contributed by atoms with Crippen molar-refractivity contribution in [2.45, 2.75) is 316 Å². The Labute approximate surface area is 593 Å². The molecule has 0 radical (unpaired) electrons. The first-order chi connectivity index (χ1) is 47.7. The van der Waals surface area contributed by atoms with Gasteiger partial charge in [-0.05, 0) is 96.3 Å². The summed E-state index contributed by atoms with van der Waals surface area (Å²) in [7, 11) is -9.97. The Kier molecular flexibility index (Phi) is 67.6. The van der Waals surface area contributed by atoms with Gasteiger partial charge in [0, 0.05) is 19.3 Å². The van der Waals surface area contributed by atoms with Gasteiger partial charge < -0.3 is 33.8 Å². The van der Waals surface area contributed by atoms with Crippen molar-refractivity contribution < 1.29 is 80.2 Å². The average molecular weight is 1420 g/mol. The SMILES string of the molecule is CC/C=C\C/C=C\C/C=C\C/C=C\C/C=C\CCCCCC(=O)OCC(COP(=O)(O)OCC(O)COP(=O)(O)OCC(COC(=O)C/C=C\C/C=C\C/C=C\C/C=C\C/C=C\CC)OC(=O)CCCCCCCCCCCCC)OC(=O)CCCCCCCCCCCCCCC. The van der Waals surface area contributed by atoms with Crippen LogP contribution in [0.25, 0.3) is 0 Å². The molecule has 0 rings (SSSR count). The van der Waals surface area contributed by atoms with Crippen LogP contribution in [0.2, 0.25) is 0 Å². The summed E-state index contributed by atoms with van der Waals surface area (Å²) in [6.07, 6.45) is 76.6. The number of ether oxygens (including phenoxy) is 4. The molecule has 0 aliphatic rings.